The average molecular weight is 905 g/mol. The first-order valence-corrected chi connectivity index (χ1v) is 25.9. The molecule has 0 heterocycles. The van der Waals surface area contributed by atoms with Gasteiger partial charge in [-0.05, 0) is 66.3 Å². The third-order valence-electron chi connectivity index (χ3n) is 13.0. The zero-order valence-corrected chi connectivity index (χ0v) is 39.1. The quantitative estimate of drug-likeness (QED) is 0.126. The summed E-state index contributed by atoms with van der Waals surface area (Å²) in [5.74, 6) is 0. The summed E-state index contributed by atoms with van der Waals surface area (Å²) in [4.78, 5) is 0. The average Bonchev–Trinajstić information content (AvgIpc) is 3.42. The minimum atomic E-state index is -1.12. The van der Waals surface area contributed by atoms with E-state index in [9.17, 15) is 0 Å². The third-order valence-corrected chi connectivity index (χ3v) is 17.2. The van der Waals surface area contributed by atoms with E-state index >= 15 is 0 Å². The van der Waals surface area contributed by atoms with Crippen molar-refractivity contribution in [2.24, 2.45) is 0 Å². The normalized spacial score (nSPS) is 11.5. The molecule has 322 valence electrons. The topological polar surface area (TPSA) is 24.1 Å². The number of benzene rings is 12. The van der Waals surface area contributed by atoms with Crippen molar-refractivity contribution in [3.63, 3.8) is 0 Å². The molecule has 12 rings (SSSR count). The van der Waals surface area contributed by atoms with Gasteiger partial charge in [0.2, 0.25) is 0 Å². The summed E-state index contributed by atoms with van der Waals surface area (Å²) in [6, 6.07) is 98.0. The molecule has 12 aromatic carbocycles. The van der Waals surface area contributed by atoms with Crippen LogP contribution in [-0.2, 0) is 0 Å². The highest BCUT2D eigenvalue weighted by Gasteiger charge is 2.29. The lowest BCUT2D eigenvalue weighted by atomic mass is 9.84. The Kier molecular flexibility index (Phi) is 11.3. The molecule has 0 saturated carbocycles. The fourth-order valence-corrected chi connectivity index (χ4v) is 13.8. The summed E-state index contributed by atoms with van der Waals surface area (Å²) in [6.07, 6.45) is 0. The molecular formula is C64H46N2P2. The Morgan fingerprint density at radius 1 is 0.221 bits per heavy atom. The summed E-state index contributed by atoms with van der Waals surface area (Å²) in [7, 11) is -2.24. The fourth-order valence-electron chi connectivity index (χ4n) is 9.88. The Bertz CT molecular complexity index is 3410. The second-order valence-electron chi connectivity index (χ2n) is 17.1. The number of anilines is 2. The van der Waals surface area contributed by atoms with Gasteiger partial charge in [0.25, 0.3) is 0 Å². The molecule has 0 aliphatic carbocycles. The highest BCUT2D eigenvalue weighted by molar-refractivity contribution is 7.74. The second-order valence-corrected chi connectivity index (χ2v) is 20.9. The number of rotatable bonds is 11. The van der Waals surface area contributed by atoms with Crippen molar-refractivity contribution >= 4 is 91.8 Å². The maximum atomic E-state index is 4.44. The van der Waals surface area contributed by atoms with E-state index in [1.807, 2.05) is 0 Å². The molecule has 0 amide bonds. The van der Waals surface area contributed by atoms with Gasteiger partial charge in [-0.3, -0.25) is 0 Å². The van der Waals surface area contributed by atoms with Gasteiger partial charge < -0.3 is 10.2 Å². The van der Waals surface area contributed by atoms with Crippen LogP contribution in [0.1, 0.15) is 0 Å². The van der Waals surface area contributed by atoms with Crippen LogP contribution in [-0.4, -0.2) is 0 Å². The summed E-state index contributed by atoms with van der Waals surface area (Å²) in [6.45, 7) is 0. The number of nitrogens with one attached hydrogen (secondary N) is 2. The first kappa shape index (κ1) is 41.6. The molecule has 68 heavy (non-hydrogen) atoms. The molecule has 0 fully saturated rings. The molecule has 0 radical (unpaired) electrons. The van der Waals surface area contributed by atoms with Gasteiger partial charge in [-0.2, -0.15) is 0 Å². The zero-order chi connectivity index (χ0) is 45.2. The van der Waals surface area contributed by atoms with Gasteiger partial charge in [0.05, 0.1) is 27.5 Å². The van der Waals surface area contributed by atoms with E-state index in [4.69, 9.17) is 0 Å². The Balaban J connectivity index is 1.27. The predicted molar refractivity (Wildman–Crippen MR) is 298 cm³/mol. The SMILES string of the molecule is c1ccc(P(Nc2c(-c3cccc4ccccc34)cc3ccccc3c2-c2c(NP(c3ccccc3)c3ccccc3)c(-c3cccc4ccccc34)cc3ccccc23)c2ccccc2)cc1. The van der Waals surface area contributed by atoms with Crippen molar-refractivity contribution in [2.75, 3.05) is 10.2 Å². The van der Waals surface area contributed by atoms with Crippen molar-refractivity contribution < 1.29 is 0 Å². The molecule has 0 aliphatic rings. The Labute approximate surface area is 400 Å². The van der Waals surface area contributed by atoms with Crippen molar-refractivity contribution in [1.29, 1.82) is 0 Å². The van der Waals surface area contributed by atoms with Crippen LogP contribution in [0.3, 0.4) is 0 Å². The highest BCUT2D eigenvalue weighted by atomic mass is 31.1. The number of fused-ring (bicyclic) bond motifs is 4. The maximum Gasteiger partial charge on any atom is 0.0544 e. The lowest BCUT2D eigenvalue weighted by Crippen LogP contribution is -2.19. The van der Waals surface area contributed by atoms with Crippen LogP contribution in [0.5, 0.6) is 0 Å². The first-order valence-electron chi connectivity index (χ1n) is 23.2. The van der Waals surface area contributed by atoms with E-state index in [0.717, 1.165) is 22.5 Å². The smallest absolute Gasteiger partial charge is 0.0544 e. The van der Waals surface area contributed by atoms with Crippen LogP contribution in [0.15, 0.2) is 267 Å². The van der Waals surface area contributed by atoms with Gasteiger partial charge in [0, 0.05) is 43.5 Å². The van der Waals surface area contributed by atoms with Crippen molar-refractivity contribution in [3.05, 3.63) is 267 Å². The Morgan fingerprint density at radius 3 is 0.853 bits per heavy atom. The van der Waals surface area contributed by atoms with Crippen molar-refractivity contribution in [2.45, 2.75) is 0 Å². The van der Waals surface area contributed by atoms with E-state index in [1.165, 1.54) is 86.6 Å². The van der Waals surface area contributed by atoms with E-state index < -0.39 is 16.1 Å². The van der Waals surface area contributed by atoms with Gasteiger partial charge in [-0.25, -0.2) is 0 Å². The monoisotopic (exact) mass is 904 g/mol. The molecule has 0 atom stereocenters. The van der Waals surface area contributed by atoms with Crippen LogP contribution in [0.25, 0.3) is 76.5 Å². The molecule has 2 nitrogen and oxygen atoms in total. The predicted octanol–water partition coefficient (Wildman–Crippen LogP) is 16.2. The van der Waals surface area contributed by atoms with E-state index in [1.54, 1.807) is 0 Å². The lowest BCUT2D eigenvalue weighted by molar-refractivity contribution is 1.61. The van der Waals surface area contributed by atoms with Crippen molar-refractivity contribution in [1.82, 2.24) is 0 Å². The number of hydrogen-bond acceptors (Lipinski definition) is 2. The van der Waals surface area contributed by atoms with Crippen LogP contribution in [0, 0.1) is 0 Å². The van der Waals surface area contributed by atoms with Gasteiger partial charge in [0.15, 0.2) is 0 Å². The molecule has 0 aromatic heterocycles. The van der Waals surface area contributed by atoms with Crippen LogP contribution in [0.4, 0.5) is 11.4 Å². The minimum absolute atomic E-state index is 1.10. The van der Waals surface area contributed by atoms with Crippen LogP contribution in [0.2, 0.25) is 0 Å². The molecule has 0 aliphatic heterocycles. The molecular weight excluding hydrogens is 859 g/mol. The van der Waals surface area contributed by atoms with Crippen LogP contribution >= 0.6 is 16.1 Å². The summed E-state index contributed by atoms with van der Waals surface area (Å²) in [5, 5.41) is 23.5. The lowest BCUT2D eigenvalue weighted by Gasteiger charge is -2.30. The van der Waals surface area contributed by atoms with E-state index in [0.29, 0.717) is 0 Å². The molecule has 2 N–H and O–H groups in total. The molecule has 0 bridgehead atoms. The second kappa shape index (κ2) is 18.4. The highest BCUT2D eigenvalue weighted by Crippen LogP contribution is 2.55. The Hall–Kier alpha value is -7.86. The molecule has 0 spiro atoms. The van der Waals surface area contributed by atoms with E-state index in [2.05, 4.69) is 277 Å². The van der Waals surface area contributed by atoms with E-state index in [-0.39, 0.29) is 0 Å². The van der Waals surface area contributed by atoms with Crippen LogP contribution < -0.4 is 31.4 Å². The summed E-state index contributed by atoms with van der Waals surface area (Å²) in [5.41, 5.74) is 9.24. The van der Waals surface area contributed by atoms with Gasteiger partial charge in [-0.15, -0.1) is 0 Å². The minimum Gasteiger partial charge on any atom is -0.356 e. The largest absolute Gasteiger partial charge is 0.356 e. The summed E-state index contributed by atoms with van der Waals surface area (Å²) < 4.78 is 0. The molecule has 12 aromatic rings. The van der Waals surface area contributed by atoms with Gasteiger partial charge in [0.1, 0.15) is 0 Å². The number of hydrogen-bond donors (Lipinski definition) is 2. The maximum absolute atomic E-state index is 4.44. The molecule has 4 heteroatoms. The third kappa shape index (κ3) is 7.79. The van der Waals surface area contributed by atoms with Gasteiger partial charge in [-0.1, -0.05) is 255 Å². The standard InChI is InChI=1S/C64H46N2P2/c1-5-29-49(30-6-1)67(50-31-7-2-8-32-50)65-63-59(57-41-21-27-45-23-13-17-37-53(45)57)43-47-25-15-19-39-55(47)61(63)62-56-40-20-16-26-48(56)44-60(58-42-22-28-46-24-14-18-38-54(46)58)64(62)66-68(51-33-9-3-10-34-51)52-35-11-4-12-36-52/h1-44,65-66H. The first-order chi connectivity index (χ1) is 33.8. The fraction of sp³-hybridized carbons (Fsp3) is 0. The summed E-state index contributed by atoms with van der Waals surface area (Å²) >= 11 is 0. The zero-order valence-electron chi connectivity index (χ0n) is 37.3. The Morgan fingerprint density at radius 2 is 0.500 bits per heavy atom. The van der Waals surface area contributed by atoms with Crippen molar-refractivity contribution in [3.8, 4) is 33.4 Å². The van der Waals surface area contributed by atoms with Gasteiger partial charge >= 0.3 is 0 Å². The molecule has 0 saturated heterocycles. The molecule has 0 unspecified atom stereocenters.